The molecule has 0 spiro atoms. The largest absolute Gasteiger partial charge is 0.324 e. The molecule has 0 saturated heterocycles. The highest BCUT2D eigenvalue weighted by atomic mass is 35.5. The molecular weight excluding hydrogens is 312 g/mol. The van der Waals surface area contributed by atoms with Gasteiger partial charge in [0.1, 0.15) is 5.82 Å². The van der Waals surface area contributed by atoms with Crippen molar-refractivity contribution in [1.82, 2.24) is 0 Å². The van der Waals surface area contributed by atoms with E-state index in [9.17, 15) is 9.18 Å². The molecule has 0 fully saturated rings. The quantitative estimate of drug-likeness (QED) is 0.851. The number of rotatable bonds is 3. The van der Waals surface area contributed by atoms with Crippen molar-refractivity contribution in [2.75, 3.05) is 5.32 Å². The number of amides is 1. The predicted octanol–water partition coefficient (Wildman–Crippen LogP) is 4.93. The lowest BCUT2D eigenvalue weighted by Gasteiger charge is -2.12. The van der Waals surface area contributed by atoms with Crippen molar-refractivity contribution in [2.45, 2.75) is 20.3 Å². The van der Waals surface area contributed by atoms with E-state index in [1.165, 1.54) is 12.1 Å². The van der Waals surface area contributed by atoms with Crippen LogP contribution in [0, 0.1) is 19.7 Å². The van der Waals surface area contributed by atoms with Gasteiger partial charge >= 0.3 is 0 Å². The lowest BCUT2D eigenvalue weighted by atomic mass is 10.1. The van der Waals surface area contributed by atoms with E-state index in [2.05, 4.69) is 5.32 Å². The van der Waals surface area contributed by atoms with Crippen molar-refractivity contribution in [1.29, 1.82) is 0 Å². The van der Waals surface area contributed by atoms with Crippen LogP contribution in [0.15, 0.2) is 30.3 Å². The molecule has 0 aromatic heterocycles. The molecule has 0 radical (unpaired) electrons. The SMILES string of the molecule is Cc1cc(C)c(NC(=O)Cc2c(F)cccc2Cl)c(Cl)c1. The van der Waals surface area contributed by atoms with Gasteiger partial charge in [0.05, 0.1) is 17.1 Å². The zero-order valence-electron chi connectivity index (χ0n) is 11.6. The molecule has 2 rings (SSSR count). The number of carbonyl (C=O) groups is 1. The van der Waals surface area contributed by atoms with Crippen LogP contribution in [0.1, 0.15) is 16.7 Å². The minimum absolute atomic E-state index is 0.144. The average molecular weight is 326 g/mol. The number of nitrogens with one attached hydrogen (secondary N) is 1. The van der Waals surface area contributed by atoms with Gasteiger partial charge in [-0.3, -0.25) is 4.79 Å². The Morgan fingerprint density at radius 1 is 1.19 bits per heavy atom. The Hall–Kier alpha value is -1.58. The maximum atomic E-state index is 13.7. The van der Waals surface area contributed by atoms with Gasteiger partial charge < -0.3 is 5.32 Å². The van der Waals surface area contributed by atoms with Gasteiger partial charge in [0.15, 0.2) is 0 Å². The molecule has 0 aliphatic carbocycles. The first-order valence-electron chi connectivity index (χ1n) is 6.38. The van der Waals surface area contributed by atoms with Crippen LogP contribution in [0.3, 0.4) is 0 Å². The number of carbonyl (C=O) groups excluding carboxylic acids is 1. The lowest BCUT2D eigenvalue weighted by Crippen LogP contribution is -2.16. The Labute approximate surface area is 132 Å². The van der Waals surface area contributed by atoms with Crippen LogP contribution in [0.25, 0.3) is 0 Å². The first kappa shape index (κ1) is 15.8. The van der Waals surface area contributed by atoms with E-state index in [0.717, 1.165) is 11.1 Å². The van der Waals surface area contributed by atoms with Gasteiger partial charge in [-0.05, 0) is 43.2 Å². The first-order chi connectivity index (χ1) is 9.88. The van der Waals surface area contributed by atoms with Crippen LogP contribution < -0.4 is 5.32 Å². The standard InChI is InChI=1S/C16H14Cl2FNO/c1-9-6-10(2)16(13(18)7-9)20-15(21)8-11-12(17)4-3-5-14(11)19/h3-7H,8H2,1-2H3,(H,20,21). The maximum absolute atomic E-state index is 13.7. The Kier molecular flexibility index (Phi) is 4.86. The van der Waals surface area contributed by atoms with Crippen molar-refractivity contribution in [3.8, 4) is 0 Å². The fourth-order valence-corrected chi connectivity index (χ4v) is 2.72. The molecule has 0 unspecified atom stereocenters. The van der Waals surface area contributed by atoms with E-state index < -0.39 is 5.82 Å². The number of hydrogen-bond acceptors (Lipinski definition) is 1. The normalized spacial score (nSPS) is 10.5. The van der Waals surface area contributed by atoms with E-state index in [1.807, 2.05) is 19.9 Å². The van der Waals surface area contributed by atoms with Crippen LogP contribution in [0.2, 0.25) is 10.0 Å². The summed E-state index contributed by atoms with van der Waals surface area (Å²) in [5, 5.41) is 3.40. The third-order valence-corrected chi connectivity index (χ3v) is 3.75. The number of halogens is 3. The summed E-state index contributed by atoms with van der Waals surface area (Å²) in [5.74, 6) is -0.861. The summed E-state index contributed by atoms with van der Waals surface area (Å²) in [6.45, 7) is 3.77. The summed E-state index contributed by atoms with van der Waals surface area (Å²) in [4.78, 5) is 12.1. The fraction of sp³-hybridized carbons (Fsp3) is 0.188. The lowest BCUT2D eigenvalue weighted by molar-refractivity contribution is -0.115. The molecular formula is C16H14Cl2FNO. The van der Waals surface area contributed by atoms with E-state index >= 15 is 0 Å². The number of aryl methyl sites for hydroxylation is 2. The summed E-state index contributed by atoms with van der Waals surface area (Å²) < 4.78 is 13.7. The van der Waals surface area contributed by atoms with Crippen LogP contribution >= 0.6 is 23.2 Å². The van der Waals surface area contributed by atoms with Gasteiger partial charge in [0.25, 0.3) is 0 Å². The summed E-state index contributed by atoms with van der Waals surface area (Å²) in [7, 11) is 0. The summed E-state index contributed by atoms with van der Waals surface area (Å²) in [6, 6.07) is 8.01. The second-order valence-electron chi connectivity index (χ2n) is 4.86. The fourth-order valence-electron chi connectivity index (χ4n) is 2.12. The Morgan fingerprint density at radius 2 is 1.90 bits per heavy atom. The molecule has 5 heteroatoms. The number of benzene rings is 2. The van der Waals surface area contributed by atoms with Gasteiger partial charge in [-0.25, -0.2) is 4.39 Å². The summed E-state index contributed by atoms with van der Waals surface area (Å²) in [5.41, 5.74) is 2.58. The van der Waals surface area contributed by atoms with E-state index in [1.54, 1.807) is 12.1 Å². The van der Waals surface area contributed by atoms with Crippen molar-refractivity contribution < 1.29 is 9.18 Å². The van der Waals surface area contributed by atoms with E-state index in [-0.39, 0.29) is 22.9 Å². The Bertz CT molecular complexity index is 657. The Balaban J connectivity index is 2.20. The molecule has 110 valence electrons. The van der Waals surface area contributed by atoms with Crippen LogP contribution in [0.5, 0.6) is 0 Å². The third kappa shape index (κ3) is 3.74. The van der Waals surface area contributed by atoms with Crippen LogP contribution in [-0.4, -0.2) is 5.91 Å². The molecule has 0 aliphatic rings. The monoisotopic (exact) mass is 325 g/mol. The third-order valence-electron chi connectivity index (χ3n) is 3.10. The highest BCUT2D eigenvalue weighted by Gasteiger charge is 2.14. The van der Waals surface area contributed by atoms with E-state index in [4.69, 9.17) is 23.2 Å². The summed E-state index contributed by atoms with van der Waals surface area (Å²) >= 11 is 12.0. The maximum Gasteiger partial charge on any atom is 0.229 e. The van der Waals surface area contributed by atoms with Gasteiger partial charge in [0.2, 0.25) is 5.91 Å². The minimum Gasteiger partial charge on any atom is -0.324 e. The average Bonchev–Trinajstić information content (AvgIpc) is 2.38. The predicted molar refractivity (Wildman–Crippen MR) is 84.7 cm³/mol. The highest BCUT2D eigenvalue weighted by Crippen LogP contribution is 2.28. The Morgan fingerprint density at radius 3 is 2.52 bits per heavy atom. The van der Waals surface area contributed by atoms with Gasteiger partial charge in [-0.15, -0.1) is 0 Å². The van der Waals surface area contributed by atoms with Gasteiger partial charge in [0, 0.05) is 10.6 Å². The van der Waals surface area contributed by atoms with Crippen LogP contribution in [0.4, 0.5) is 10.1 Å². The zero-order chi connectivity index (χ0) is 15.6. The minimum atomic E-state index is -0.496. The van der Waals surface area contributed by atoms with Gasteiger partial charge in [-0.1, -0.05) is 35.3 Å². The molecule has 0 bridgehead atoms. The molecule has 0 saturated carbocycles. The molecule has 1 N–H and O–H groups in total. The first-order valence-corrected chi connectivity index (χ1v) is 7.13. The summed E-state index contributed by atoms with van der Waals surface area (Å²) in [6.07, 6.45) is -0.144. The smallest absolute Gasteiger partial charge is 0.229 e. The molecule has 0 aliphatic heterocycles. The van der Waals surface area contributed by atoms with Crippen molar-refractivity contribution in [3.63, 3.8) is 0 Å². The van der Waals surface area contributed by atoms with Crippen molar-refractivity contribution >= 4 is 34.8 Å². The molecule has 0 heterocycles. The van der Waals surface area contributed by atoms with E-state index in [0.29, 0.717) is 10.7 Å². The molecule has 21 heavy (non-hydrogen) atoms. The van der Waals surface area contributed by atoms with Crippen molar-refractivity contribution in [2.24, 2.45) is 0 Å². The van der Waals surface area contributed by atoms with Crippen molar-refractivity contribution in [3.05, 3.63) is 62.9 Å². The molecule has 2 nitrogen and oxygen atoms in total. The molecule has 2 aromatic rings. The molecule has 2 aromatic carbocycles. The zero-order valence-corrected chi connectivity index (χ0v) is 13.1. The second-order valence-corrected chi connectivity index (χ2v) is 5.68. The number of anilines is 1. The molecule has 1 amide bonds. The second kappa shape index (κ2) is 6.46. The van der Waals surface area contributed by atoms with Gasteiger partial charge in [-0.2, -0.15) is 0 Å². The molecule has 0 atom stereocenters. The number of hydrogen-bond donors (Lipinski definition) is 1. The topological polar surface area (TPSA) is 29.1 Å². The highest BCUT2D eigenvalue weighted by molar-refractivity contribution is 6.34. The van der Waals surface area contributed by atoms with Crippen LogP contribution in [-0.2, 0) is 11.2 Å².